The number of hydrogen-bond acceptors (Lipinski definition) is 5. The maximum atomic E-state index is 11.9. The van der Waals surface area contributed by atoms with Gasteiger partial charge in [-0.15, -0.1) is 11.3 Å². The van der Waals surface area contributed by atoms with Gasteiger partial charge in [0.15, 0.2) is 5.13 Å². The molecule has 2 aromatic rings. The van der Waals surface area contributed by atoms with E-state index in [2.05, 4.69) is 15.2 Å². The van der Waals surface area contributed by atoms with E-state index in [1.807, 2.05) is 11.6 Å². The van der Waals surface area contributed by atoms with Gasteiger partial charge in [0.05, 0.1) is 11.8 Å². The van der Waals surface area contributed by atoms with Crippen LogP contribution in [0.3, 0.4) is 0 Å². The van der Waals surface area contributed by atoms with Gasteiger partial charge < -0.3 is 14.6 Å². The third kappa shape index (κ3) is 2.78. The zero-order valence-corrected chi connectivity index (χ0v) is 11.2. The number of hydrogen-bond donors (Lipinski definition) is 1. The average molecular weight is 277 g/mol. The fourth-order valence-corrected chi connectivity index (χ4v) is 2.95. The first-order chi connectivity index (χ1) is 9.33. The largest absolute Gasteiger partial charge is 0.472 e. The van der Waals surface area contributed by atoms with Crippen molar-refractivity contribution in [2.45, 2.75) is 18.9 Å². The monoisotopic (exact) mass is 277 g/mol. The molecule has 0 bridgehead atoms. The van der Waals surface area contributed by atoms with Crippen molar-refractivity contribution in [2.75, 3.05) is 18.0 Å². The van der Waals surface area contributed by atoms with E-state index < -0.39 is 0 Å². The molecule has 1 saturated heterocycles. The van der Waals surface area contributed by atoms with Crippen LogP contribution in [0.5, 0.6) is 0 Å². The van der Waals surface area contributed by atoms with Gasteiger partial charge in [-0.2, -0.15) is 0 Å². The molecular formula is C13H15N3O2S. The number of nitrogens with one attached hydrogen (secondary N) is 1. The van der Waals surface area contributed by atoms with Crippen molar-refractivity contribution < 1.29 is 9.21 Å². The van der Waals surface area contributed by atoms with Crippen LogP contribution in [0.4, 0.5) is 5.13 Å². The van der Waals surface area contributed by atoms with E-state index >= 15 is 0 Å². The van der Waals surface area contributed by atoms with E-state index in [0.717, 1.165) is 31.1 Å². The third-order valence-electron chi connectivity index (χ3n) is 3.30. The van der Waals surface area contributed by atoms with E-state index in [4.69, 9.17) is 4.42 Å². The number of carbonyl (C=O) groups is 1. The topological polar surface area (TPSA) is 58.4 Å². The van der Waals surface area contributed by atoms with Crippen LogP contribution in [0.15, 0.2) is 34.6 Å². The van der Waals surface area contributed by atoms with Gasteiger partial charge in [-0.05, 0) is 18.9 Å². The summed E-state index contributed by atoms with van der Waals surface area (Å²) in [7, 11) is 0. The lowest BCUT2D eigenvalue weighted by Gasteiger charge is -2.32. The molecule has 3 rings (SSSR count). The molecular weight excluding hydrogens is 262 g/mol. The van der Waals surface area contributed by atoms with Gasteiger partial charge in [0.1, 0.15) is 6.26 Å². The van der Waals surface area contributed by atoms with Crippen molar-refractivity contribution in [2.24, 2.45) is 0 Å². The fourth-order valence-electron chi connectivity index (χ4n) is 2.25. The standard InChI is InChI=1S/C13H15N3O2S/c17-12(10-3-7-18-9-10)15-11-1-5-16(6-2-11)13-14-4-8-19-13/h3-4,7-9,11H,1-2,5-6H2,(H,15,17). The number of rotatable bonds is 3. The van der Waals surface area contributed by atoms with Gasteiger partial charge in [-0.1, -0.05) is 0 Å². The summed E-state index contributed by atoms with van der Waals surface area (Å²) in [5, 5.41) is 6.10. The summed E-state index contributed by atoms with van der Waals surface area (Å²) >= 11 is 1.66. The van der Waals surface area contributed by atoms with E-state index in [1.54, 1.807) is 17.4 Å². The molecule has 1 fully saturated rings. The number of nitrogens with zero attached hydrogens (tertiary/aromatic N) is 2. The van der Waals surface area contributed by atoms with Crippen molar-refractivity contribution in [1.82, 2.24) is 10.3 Å². The molecule has 3 heterocycles. The van der Waals surface area contributed by atoms with Crippen LogP contribution in [0.2, 0.25) is 0 Å². The SMILES string of the molecule is O=C(NC1CCN(c2nccs2)CC1)c1ccoc1. The summed E-state index contributed by atoms with van der Waals surface area (Å²) in [5.41, 5.74) is 0.586. The smallest absolute Gasteiger partial charge is 0.254 e. The van der Waals surface area contributed by atoms with Crippen molar-refractivity contribution in [3.8, 4) is 0 Å². The first-order valence-electron chi connectivity index (χ1n) is 6.30. The van der Waals surface area contributed by atoms with Gasteiger partial charge >= 0.3 is 0 Å². The minimum absolute atomic E-state index is 0.0542. The van der Waals surface area contributed by atoms with E-state index in [-0.39, 0.29) is 11.9 Å². The van der Waals surface area contributed by atoms with Crippen molar-refractivity contribution in [3.05, 3.63) is 35.7 Å². The van der Waals surface area contributed by atoms with Gasteiger partial charge in [-0.3, -0.25) is 4.79 Å². The Morgan fingerprint density at radius 3 is 2.95 bits per heavy atom. The number of furan rings is 1. The molecule has 0 atom stereocenters. The summed E-state index contributed by atoms with van der Waals surface area (Å²) in [5.74, 6) is -0.0542. The fraction of sp³-hybridized carbons (Fsp3) is 0.385. The second-order valence-electron chi connectivity index (χ2n) is 4.56. The number of anilines is 1. The number of thiazole rings is 1. The van der Waals surface area contributed by atoms with Crippen LogP contribution < -0.4 is 10.2 Å². The minimum Gasteiger partial charge on any atom is -0.472 e. The Balaban J connectivity index is 1.52. The van der Waals surface area contributed by atoms with Crippen LogP contribution >= 0.6 is 11.3 Å². The highest BCUT2D eigenvalue weighted by Crippen LogP contribution is 2.22. The second kappa shape index (κ2) is 5.44. The summed E-state index contributed by atoms with van der Waals surface area (Å²) in [6.07, 6.45) is 6.71. The highest BCUT2D eigenvalue weighted by molar-refractivity contribution is 7.13. The molecule has 0 unspecified atom stereocenters. The van der Waals surface area contributed by atoms with Crippen LogP contribution in [-0.4, -0.2) is 30.0 Å². The summed E-state index contributed by atoms with van der Waals surface area (Å²) in [6, 6.07) is 1.92. The number of carbonyl (C=O) groups excluding carboxylic acids is 1. The maximum absolute atomic E-state index is 11.9. The Hall–Kier alpha value is -1.82. The molecule has 0 saturated carbocycles. The predicted molar refractivity (Wildman–Crippen MR) is 73.5 cm³/mol. The highest BCUT2D eigenvalue weighted by atomic mass is 32.1. The van der Waals surface area contributed by atoms with Gasteiger partial charge in [0.25, 0.3) is 5.91 Å². The highest BCUT2D eigenvalue weighted by Gasteiger charge is 2.22. The maximum Gasteiger partial charge on any atom is 0.254 e. The van der Waals surface area contributed by atoms with Crippen molar-refractivity contribution in [1.29, 1.82) is 0 Å². The molecule has 1 aliphatic rings. The molecule has 19 heavy (non-hydrogen) atoms. The molecule has 2 aromatic heterocycles. The van der Waals surface area contributed by atoms with Gasteiger partial charge in [0, 0.05) is 30.7 Å². The Morgan fingerprint density at radius 1 is 1.47 bits per heavy atom. The molecule has 0 spiro atoms. The summed E-state index contributed by atoms with van der Waals surface area (Å²) in [6.45, 7) is 1.87. The van der Waals surface area contributed by atoms with E-state index in [0.29, 0.717) is 5.56 Å². The molecule has 100 valence electrons. The molecule has 1 amide bonds. The van der Waals surface area contributed by atoms with Crippen molar-refractivity contribution in [3.63, 3.8) is 0 Å². The number of piperidine rings is 1. The minimum atomic E-state index is -0.0542. The van der Waals surface area contributed by atoms with Crippen LogP contribution in [0, 0.1) is 0 Å². The Morgan fingerprint density at radius 2 is 2.32 bits per heavy atom. The molecule has 1 N–H and O–H groups in total. The first-order valence-corrected chi connectivity index (χ1v) is 7.18. The number of aromatic nitrogens is 1. The zero-order chi connectivity index (χ0) is 13.1. The molecule has 6 heteroatoms. The van der Waals surface area contributed by atoms with E-state index in [1.165, 1.54) is 12.5 Å². The number of amides is 1. The van der Waals surface area contributed by atoms with Crippen LogP contribution in [0.25, 0.3) is 0 Å². The third-order valence-corrected chi connectivity index (χ3v) is 4.14. The van der Waals surface area contributed by atoms with Crippen LogP contribution in [0.1, 0.15) is 23.2 Å². The summed E-state index contributed by atoms with van der Waals surface area (Å²) in [4.78, 5) is 18.5. The first kappa shape index (κ1) is 12.2. The average Bonchev–Trinajstić information content (AvgIpc) is 3.13. The second-order valence-corrected chi connectivity index (χ2v) is 5.43. The normalized spacial score (nSPS) is 16.5. The quantitative estimate of drug-likeness (QED) is 0.933. The lowest BCUT2D eigenvalue weighted by atomic mass is 10.1. The lowest BCUT2D eigenvalue weighted by Crippen LogP contribution is -2.44. The molecule has 5 nitrogen and oxygen atoms in total. The Bertz CT molecular complexity index is 516. The zero-order valence-electron chi connectivity index (χ0n) is 10.4. The van der Waals surface area contributed by atoms with Crippen molar-refractivity contribution >= 4 is 22.4 Å². The predicted octanol–water partition coefficient (Wildman–Crippen LogP) is 2.13. The van der Waals surface area contributed by atoms with Gasteiger partial charge in [0.2, 0.25) is 0 Å². The lowest BCUT2D eigenvalue weighted by molar-refractivity contribution is 0.0930. The molecule has 1 aliphatic heterocycles. The molecule has 0 aromatic carbocycles. The molecule has 0 radical (unpaired) electrons. The Kier molecular flexibility index (Phi) is 3.50. The van der Waals surface area contributed by atoms with E-state index in [9.17, 15) is 4.79 Å². The van der Waals surface area contributed by atoms with Gasteiger partial charge in [-0.25, -0.2) is 4.98 Å². The molecule has 0 aliphatic carbocycles. The summed E-state index contributed by atoms with van der Waals surface area (Å²) < 4.78 is 4.91. The Labute approximate surface area is 115 Å². The van der Waals surface area contributed by atoms with Crippen LogP contribution in [-0.2, 0) is 0 Å².